The van der Waals surface area contributed by atoms with E-state index >= 15 is 0 Å². The van der Waals surface area contributed by atoms with Gasteiger partial charge in [0.2, 0.25) is 0 Å². The Morgan fingerprint density at radius 2 is 2.31 bits per heavy atom. The Kier molecular flexibility index (Phi) is 4.15. The molecule has 0 spiro atoms. The molecule has 1 rings (SSSR count). The molecule has 0 radical (unpaired) electrons. The molecule has 1 aromatic heterocycles. The highest BCUT2D eigenvalue weighted by Gasteiger charge is 2.02. The molecule has 0 saturated heterocycles. The van der Waals surface area contributed by atoms with Gasteiger partial charge in [-0.3, -0.25) is 4.79 Å². The van der Waals surface area contributed by atoms with Gasteiger partial charge in [-0.15, -0.1) is 5.10 Å². The van der Waals surface area contributed by atoms with Crippen molar-refractivity contribution in [2.24, 2.45) is 0 Å². The number of carbonyl (C=O) groups is 1. The summed E-state index contributed by atoms with van der Waals surface area (Å²) in [5.41, 5.74) is 0. The minimum Gasteiger partial charge on any atom is -0.298 e. The van der Waals surface area contributed by atoms with Crippen molar-refractivity contribution in [3.63, 3.8) is 0 Å². The minimum absolute atomic E-state index is 0.235. The number of carbonyl (C=O) groups excluding carboxylic acids is 1. The molecule has 0 aliphatic carbocycles. The maximum Gasteiger partial charge on any atom is 0.154 e. The quantitative estimate of drug-likeness (QED) is 0.624. The summed E-state index contributed by atoms with van der Waals surface area (Å²) < 4.78 is 1.56. The molecule has 13 heavy (non-hydrogen) atoms. The minimum atomic E-state index is 0.235. The first-order chi connectivity index (χ1) is 6.33. The lowest BCUT2D eigenvalue weighted by Gasteiger charge is -1.99. The summed E-state index contributed by atoms with van der Waals surface area (Å²) in [6.45, 7) is 2.49. The van der Waals surface area contributed by atoms with Crippen LogP contribution in [-0.4, -0.2) is 20.8 Å². The van der Waals surface area contributed by atoms with Crippen molar-refractivity contribution in [3.05, 3.63) is 12.4 Å². The second kappa shape index (κ2) is 5.45. The standard InChI is InChI=1S/C9H15N3O/c1-2-3-4-5-9(13)8-12-7-6-10-11-12/h6-7H,2-5,8H2,1H3. The third-order valence-corrected chi connectivity index (χ3v) is 1.87. The number of ketones is 1. The molecule has 4 nitrogen and oxygen atoms in total. The molecule has 72 valence electrons. The predicted molar refractivity (Wildman–Crippen MR) is 49.2 cm³/mol. The molecule has 1 heterocycles. The van der Waals surface area contributed by atoms with Crippen LogP contribution >= 0.6 is 0 Å². The van der Waals surface area contributed by atoms with Gasteiger partial charge in [-0.1, -0.05) is 25.0 Å². The van der Waals surface area contributed by atoms with Crippen LogP contribution in [0.25, 0.3) is 0 Å². The number of unbranched alkanes of at least 4 members (excludes halogenated alkanes) is 2. The first-order valence-electron chi connectivity index (χ1n) is 4.68. The van der Waals surface area contributed by atoms with Crippen molar-refractivity contribution in [2.75, 3.05) is 0 Å². The van der Waals surface area contributed by atoms with Crippen LogP contribution in [0.1, 0.15) is 32.6 Å². The van der Waals surface area contributed by atoms with Crippen LogP contribution in [0, 0.1) is 0 Å². The van der Waals surface area contributed by atoms with E-state index in [9.17, 15) is 4.79 Å². The largest absolute Gasteiger partial charge is 0.298 e. The van der Waals surface area contributed by atoms with Crippen LogP contribution in [-0.2, 0) is 11.3 Å². The molecule has 0 saturated carbocycles. The van der Waals surface area contributed by atoms with E-state index in [1.54, 1.807) is 17.1 Å². The first kappa shape index (κ1) is 9.89. The Morgan fingerprint density at radius 3 is 2.92 bits per heavy atom. The van der Waals surface area contributed by atoms with Gasteiger partial charge in [-0.2, -0.15) is 0 Å². The average molecular weight is 181 g/mol. The van der Waals surface area contributed by atoms with Crippen molar-refractivity contribution >= 4 is 5.78 Å². The Labute approximate surface area is 77.9 Å². The molecule has 0 aromatic carbocycles. The summed E-state index contributed by atoms with van der Waals surface area (Å²) in [6, 6.07) is 0. The lowest BCUT2D eigenvalue weighted by atomic mass is 10.1. The monoisotopic (exact) mass is 181 g/mol. The number of hydrogen-bond acceptors (Lipinski definition) is 3. The van der Waals surface area contributed by atoms with Gasteiger partial charge in [0.25, 0.3) is 0 Å². The number of aromatic nitrogens is 3. The zero-order chi connectivity index (χ0) is 9.52. The van der Waals surface area contributed by atoms with Crippen molar-refractivity contribution in [1.29, 1.82) is 0 Å². The topological polar surface area (TPSA) is 47.8 Å². The average Bonchev–Trinajstić information content (AvgIpc) is 2.57. The third kappa shape index (κ3) is 3.83. The van der Waals surface area contributed by atoms with Crippen LogP contribution in [0.4, 0.5) is 0 Å². The fourth-order valence-corrected chi connectivity index (χ4v) is 1.15. The van der Waals surface area contributed by atoms with Gasteiger partial charge in [-0.05, 0) is 6.42 Å². The summed E-state index contributed by atoms with van der Waals surface area (Å²) in [5.74, 6) is 0.235. The zero-order valence-electron chi connectivity index (χ0n) is 7.94. The lowest BCUT2D eigenvalue weighted by molar-refractivity contribution is -0.119. The molecular weight excluding hydrogens is 166 g/mol. The molecule has 4 heteroatoms. The van der Waals surface area contributed by atoms with Gasteiger partial charge in [0, 0.05) is 12.6 Å². The third-order valence-electron chi connectivity index (χ3n) is 1.87. The number of hydrogen-bond donors (Lipinski definition) is 0. The summed E-state index contributed by atoms with van der Waals surface area (Å²) in [6.07, 6.45) is 7.22. The molecule has 0 N–H and O–H groups in total. The molecule has 0 amide bonds. The van der Waals surface area contributed by atoms with Crippen LogP contribution in [0.3, 0.4) is 0 Å². The highest BCUT2D eigenvalue weighted by atomic mass is 16.1. The van der Waals surface area contributed by atoms with Crippen LogP contribution in [0.2, 0.25) is 0 Å². The maximum absolute atomic E-state index is 11.3. The summed E-state index contributed by atoms with van der Waals surface area (Å²) in [4.78, 5) is 11.3. The highest BCUT2D eigenvalue weighted by molar-refractivity contribution is 5.77. The van der Waals surface area contributed by atoms with Gasteiger partial charge in [0.15, 0.2) is 5.78 Å². The van der Waals surface area contributed by atoms with Crippen LogP contribution in [0.15, 0.2) is 12.4 Å². The van der Waals surface area contributed by atoms with Crippen molar-refractivity contribution in [3.8, 4) is 0 Å². The normalized spacial score (nSPS) is 10.2. The fraction of sp³-hybridized carbons (Fsp3) is 0.667. The van der Waals surface area contributed by atoms with Crippen molar-refractivity contribution < 1.29 is 4.79 Å². The molecule has 1 aromatic rings. The van der Waals surface area contributed by atoms with Crippen molar-refractivity contribution in [1.82, 2.24) is 15.0 Å². The van der Waals surface area contributed by atoms with Gasteiger partial charge >= 0.3 is 0 Å². The van der Waals surface area contributed by atoms with Crippen molar-refractivity contribution in [2.45, 2.75) is 39.2 Å². The Hall–Kier alpha value is -1.19. The first-order valence-corrected chi connectivity index (χ1v) is 4.68. The predicted octanol–water partition coefficient (Wildman–Crippen LogP) is 1.43. The Morgan fingerprint density at radius 1 is 1.46 bits per heavy atom. The SMILES string of the molecule is CCCCCC(=O)Cn1ccnn1. The summed E-state index contributed by atoms with van der Waals surface area (Å²) in [7, 11) is 0. The fourth-order valence-electron chi connectivity index (χ4n) is 1.15. The van der Waals surface area contributed by atoms with Gasteiger partial charge in [0.1, 0.15) is 6.54 Å². The molecular formula is C9H15N3O. The van der Waals surface area contributed by atoms with E-state index in [1.165, 1.54) is 0 Å². The van der Waals surface area contributed by atoms with E-state index in [4.69, 9.17) is 0 Å². The molecule has 0 aliphatic rings. The second-order valence-electron chi connectivity index (χ2n) is 3.10. The highest BCUT2D eigenvalue weighted by Crippen LogP contribution is 2.00. The van der Waals surface area contributed by atoms with E-state index in [-0.39, 0.29) is 5.78 Å². The molecule has 0 aliphatic heterocycles. The van der Waals surface area contributed by atoms with E-state index in [0.717, 1.165) is 19.3 Å². The molecule has 0 unspecified atom stereocenters. The van der Waals surface area contributed by atoms with Gasteiger partial charge in [0.05, 0.1) is 6.20 Å². The van der Waals surface area contributed by atoms with E-state index in [0.29, 0.717) is 13.0 Å². The van der Waals surface area contributed by atoms with Gasteiger partial charge in [-0.25, -0.2) is 4.68 Å². The number of rotatable bonds is 6. The number of nitrogens with zero attached hydrogens (tertiary/aromatic N) is 3. The van der Waals surface area contributed by atoms with Crippen LogP contribution in [0.5, 0.6) is 0 Å². The molecule has 0 bridgehead atoms. The summed E-state index contributed by atoms with van der Waals surface area (Å²) >= 11 is 0. The molecule has 0 atom stereocenters. The van der Waals surface area contributed by atoms with E-state index in [1.807, 2.05) is 0 Å². The van der Waals surface area contributed by atoms with E-state index in [2.05, 4.69) is 17.2 Å². The number of Topliss-reactive ketones (excluding diaryl/α,β-unsaturated/α-hetero) is 1. The molecule has 0 fully saturated rings. The van der Waals surface area contributed by atoms with E-state index < -0.39 is 0 Å². The smallest absolute Gasteiger partial charge is 0.154 e. The second-order valence-corrected chi connectivity index (χ2v) is 3.10. The zero-order valence-corrected chi connectivity index (χ0v) is 7.94. The van der Waals surface area contributed by atoms with Crippen LogP contribution < -0.4 is 0 Å². The van der Waals surface area contributed by atoms with Gasteiger partial charge < -0.3 is 0 Å². The lowest BCUT2D eigenvalue weighted by Crippen LogP contribution is -2.10. The maximum atomic E-state index is 11.3. The Bertz CT molecular complexity index is 243. The summed E-state index contributed by atoms with van der Waals surface area (Å²) in [5, 5.41) is 7.36. The Balaban J connectivity index is 2.18.